The monoisotopic (exact) mass is 287 g/mol. The topological polar surface area (TPSA) is 47.0 Å². The lowest BCUT2D eigenvalue weighted by atomic mass is 10.3. The molecule has 0 saturated carbocycles. The normalized spacial score (nSPS) is 10.2. The molecule has 0 saturated heterocycles. The van der Waals surface area contributed by atoms with Crippen LogP contribution in [0.4, 0.5) is 15.8 Å². The van der Waals surface area contributed by atoms with Crippen LogP contribution in [0, 0.1) is 5.82 Å². The molecule has 0 aliphatic heterocycles. The smallest absolute Gasteiger partial charge is 0.175 e. The van der Waals surface area contributed by atoms with Crippen LogP contribution in [0.15, 0.2) is 24.3 Å². The Kier molecular flexibility index (Phi) is 3.84. The lowest BCUT2D eigenvalue weighted by Gasteiger charge is -2.09. The number of halogens is 3. The Bertz CT molecular complexity index is 580. The van der Waals surface area contributed by atoms with Crippen LogP contribution >= 0.6 is 23.2 Å². The third kappa shape index (κ3) is 2.80. The van der Waals surface area contributed by atoms with E-state index < -0.39 is 5.82 Å². The third-order valence-corrected chi connectivity index (χ3v) is 2.61. The van der Waals surface area contributed by atoms with Gasteiger partial charge in [-0.3, -0.25) is 0 Å². The van der Waals surface area contributed by atoms with Crippen LogP contribution in [0.25, 0.3) is 0 Å². The van der Waals surface area contributed by atoms with Crippen molar-refractivity contribution in [3.63, 3.8) is 0 Å². The summed E-state index contributed by atoms with van der Waals surface area (Å²) < 4.78 is 18.3. The van der Waals surface area contributed by atoms with Crippen LogP contribution in [0.2, 0.25) is 10.3 Å². The van der Waals surface area contributed by atoms with Crippen LogP contribution in [-0.4, -0.2) is 17.3 Å². The molecule has 0 aliphatic rings. The molecule has 1 aromatic heterocycles. The van der Waals surface area contributed by atoms with Crippen molar-refractivity contribution in [2.45, 2.75) is 0 Å². The fourth-order valence-corrected chi connectivity index (χ4v) is 1.63. The number of nitrogens with one attached hydrogen (secondary N) is 1. The summed E-state index contributed by atoms with van der Waals surface area (Å²) >= 11 is 11.5. The van der Waals surface area contributed by atoms with Gasteiger partial charge in [0, 0.05) is 17.8 Å². The maximum absolute atomic E-state index is 13.5. The fourth-order valence-electron chi connectivity index (χ4n) is 1.34. The fraction of sp³-hybridized carbons (Fsp3) is 0.0909. The lowest BCUT2D eigenvalue weighted by molar-refractivity contribution is 0.386. The highest BCUT2D eigenvalue weighted by atomic mass is 35.5. The van der Waals surface area contributed by atoms with Gasteiger partial charge in [0.15, 0.2) is 21.9 Å². The van der Waals surface area contributed by atoms with E-state index in [-0.39, 0.29) is 16.1 Å². The molecule has 7 heteroatoms. The van der Waals surface area contributed by atoms with Gasteiger partial charge in [0.2, 0.25) is 0 Å². The van der Waals surface area contributed by atoms with Crippen molar-refractivity contribution < 1.29 is 9.13 Å². The summed E-state index contributed by atoms with van der Waals surface area (Å²) in [5, 5.41) is 10.4. The average molecular weight is 288 g/mol. The molecular formula is C11H8Cl2FN3O. The van der Waals surface area contributed by atoms with Crippen LogP contribution in [0.3, 0.4) is 0 Å². The molecule has 18 heavy (non-hydrogen) atoms. The number of ether oxygens (including phenoxy) is 1. The molecule has 0 fully saturated rings. The van der Waals surface area contributed by atoms with Gasteiger partial charge in [-0.25, -0.2) is 4.39 Å². The molecule has 0 bridgehead atoms. The molecule has 0 radical (unpaired) electrons. The molecule has 94 valence electrons. The van der Waals surface area contributed by atoms with Crippen molar-refractivity contribution in [2.24, 2.45) is 0 Å². The number of anilines is 2. The minimum atomic E-state index is -0.480. The molecule has 0 amide bonds. The first-order valence-electron chi connectivity index (χ1n) is 4.89. The third-order valence-electron chi connectivity index (χ3n) is 2.15. The Morgan fingerprint density at radius 1 is 1.22 bits per heavy atom. The minimum Gasteiger partial charge on any atom is -0.494 e. The van der Waals surface area contributed by atoms with Crippen LogP contribution in [-0.2, 0) is 0 Å². The summed E-state index contributed by atoms with van der Waals surface area (Å²) in [6.45, 7) is 0. The molecule has 2 rings (SSSR count). The molecule has 0 atom stereocenters. The second kappa shape index (κ2) is 5.37. The zero-order valence-electron chi connectivity index (χ0n) is 9.25. The molecule has 4 nitrogen and oxygen atoms in total. The van der Waals surface area contributed by atoms with E-state index in [4.69, 9.17) is 27.9 Å². The Morgan fingerprint density at radius 2 is 2.00 bits per heavy atom. The molecule has 0 aliphatic carbocycles. The van der Waals surface area contributed by atoms with E-state index in [0.29, 0.717) is 11.4 Å². The van der Waals surface area contributed by atoms with E-state index in [9.17, 15) is 4.39 Å². The van der Waals surface area contributed by atoms with Gasteiger partial charge in [-0.1, -0.05) is 23.2 Å². The summed E-state index contributed by atoms with van der Waals surface area (Å²) in [4.78, 5) is 0. The molecule has 1 heterocycles. The summed E-state index contributed by atoms with van der Waals surface area (Å²) in [6.07, 6.45) is 0. The van der Waals surface area contributed by atoms with Crippen molar-refractivity contribution in [1.82, 2.24) is 10.2 Å². The first-order chi connectivity index (χ1) is 8.60. The van der Waals surface area contributed by atoms with E-state index in [1.165, 1.54) is 25.3 Å². The average Bonchev–Trinajstić information content (AvgIpc) is 2.34. The highest BCUT2D eigenvalue weighted by Gasteiger charge is 2.07. The summed E-state index contributed by atoms with van der Waals surface area (Å²) in [5.41, 5.74) is 0.945. The largest absolute Gasteiger partial charge is 0.494 e. The van der Waals surface area contributed by atoms with Gasteiger partial charge < -0.3 is 10.1 Å². The van der Waals surface area contributed by atoms with E-state index in [1.807, 2.05) is 0 Å². The number of methoxy groups -OCH3 is 1. The van der Waals surface area contributed by atoms with Crippen molar-refractivity contribution >= 4 is 34.6 Å². The van der Waals surface area contributed by atoms with Gasteiger partial charge in [0.05, 0.1) is 12.8 Å². The van der Waals surface area contributed by atoms with E-state index in [1.54, 1.807) is 6.07 Å². The number of benzene rings is 1. The van der Waals surface area contributed by atoms with Gasteiger partial charge >= 0.3 is 0 Å². The molecule has 1 aromatic carbocycles. The maximum atomic E-state index is 13.5. The number of nitrogens with zero attached hydrogens (tertiary/aromatic N) is 2. The summed E-state index contributed by atoms with van der Waals surface area (Å²) in [7, 11) is 1.40. The Morgan fingerprint density at radius 3 is 2.67 bits per heavy atom. The minimum absolute atomic E-state index is 0.149. The zero-order valence-corrected chi connectivity index (χ0v) is 10.8. The number of aromatic nitrogens is 2. The SMILES string of the molecule is COc1ccc(Nc2cc(Cl)nnc2Cl)cc1F. The van der Waals surface area contributed by atoms with Gasteiger partial charge in [-0.2, -0.15) is 0 Å². The van der Waals surface area contributed by atoms with E-state index in [0.717, 1.165) is 0 Å². The van der Waals surface area contributed by atoms with Gasteiger partial charge in [-0.05, 0) is 12.1 Å². The Balaban J connectivity index is 2.28. The number of hydrogen-bond donors (Lipinski definition) is 1. The first kappa shape index (κ1) is 12.9. The maximum Gasteiger partial charge on any atom is 0.175 e. The van der Waals surface area contributed by atoms with Gasteiger partial charge in [0.1, 0.15) is 0 Å². The van der Waals surface area contributed by atoms with Crippen molar-refractivity contribution in [2.75, 3.05) is 12.4 Å². The van der Waals surface area contributed by atoms with Crippen LogP contribution in [0.5, 0.6) is 5.75 Å². The van der Waals surface area contributed by atoms with Gasteiger partial charge in [-0.15, -0.1) is 10.2 Å². The first-order valence-corrected chi connectivity index (χ1v) is 5.65. The number of rotatable bonds is 3. The predicted molar refractivity (Wildman–Crippen MR) is 68.3 cm³/mol. The lowest BCUT2D eigenvalue weighted by Crippen LogP contribution is -1.96. The van der Waals surface area contributed by atoms with Crippen molar-refractivity contribution in [1.29, 1.82) is 0 Å². The molecular weight excluding hydrogens is 280 g/mol. The predicted octanol–water partition coefficient (Wildman–Crippen LogP) is 3.67. The van der Waals surface area contributed by atoms with Crippen LogP contribution < -0.4 is 10.1 Å². The zero-order chi connectivity index (χ0) is 13.1. The van der Waals surface area contributed by atoms with Gasteiger partial charge in [0.25, 0.3) is 0 Å². The standard InChI is InChI=1S/C11H8Cl2FN3O/c1-18-9-3-2-6(4-7(9)14)15-8-5-10(12)16-17-11(8)13/h2-5H,1H3,(H,15,16). The molecule has 1 N–H and O–H groups in total. The van der Waals surface area contributed by atoms with Crippen molar-refractivity contribution in [3.05, 3.63) is 40.4 Å². The van der Waals surface area contributed by atoms with Crippen molar-refractivity contribution in [3.8, 4) is 5.75 Å². The Hall–Kier alpha value is -1.59. The quantitative estimate of drug-likeness (QED) is 0.936. The highest BCUT2D eigenvalue weighted by Crippen LogP contribution is 2.27. The molecule has 0 unspecified atom stereocenters. The summed E-state index contributed by atoms with van der Waals surface area (Å²) in [5.74, 6) is -0.315. The molecule has 2 aromatic rings. The summed E-state index contributed by atoms with van der Waals surface area (Å²) in [6, 6.07) is 5.93. The second-order valence-electron chi connectivity index (χ2n) is 3.35. The Labute approximate surface area is 113 Å². The second-order valence-corrected chi connectivity index (χ2v) is 4.09. The van der Waals surface area contributed by atoms with E-state index >= 15 is 0 Å². The molecule has 0 spiro atoms. The number of hydrogen-bond acceptors (Lipinski definition) is 4. The van der Waals surface area contributed by atoms with E-state index in [2.05, 4.69) is 15.5 Å². The van der Waals surface area contributed by atoms with Crippen LogP contribution in [0.1, 0.15) is 0 Å². The highest BCUT2D eigenvalue weighted by molar-refractivity contribution is 6.33.